The Kier molecular flexibility index (Phi) is 16.7. The molecule has 0 aliphatic rings. The van der Waals surface area contributed by atoms with Gasteiger partial charge in [0.1, 0.15) is 0 Å². The van der Waals surface area contributed by atoms with Crippen LogP contribution in [0, 0.1) is 0 Å². The van der Waals surface area contributed by atoms with Crippen LogP contribution >= 0.6 is 0 Å². The van der Waals surface area contributed by atoms with Gasteiger partial charge in [-0.05, 0) is 0 Å². The third kappa shape index (κ3) is 21.0. The molecule has 0 aromatic heterocycles. The van der Waals surface area contributed by atoms with Crippen LogP contribution in [0.25, 0.3) is 0 Å². The predicted octanol–water partition coefficient (Wildman–Crippen LogP) is 9.40. The van der Waals surface area contributed by atoms with E-state index in [1.54, 1.807) is 0 Å². The summed E-state index contributed by atoms with van der Waals surface area (Å²) >= 11 is -0.363. The van der Waals surface area contributed by atoms with E-state index in [4.69, 9.17) is 0 Å². The molecule has 0 spiro atoms. The predicted molar refractivity (Wildman–Crippen MR) is 160 cm³/mol. The molecular formula is C24H60Si4Sn2. The van der Waals surface area contributed by atoms with Crippen molar-refractivity contribution >= 4 is 73.1 Å². The van der Waals surface area contributed by atoms with Gasteiger partial charge in [-0.3, -0.25) is 0 Å². The van der Waals surface area contributed by atoms with E-state index >= 15 is 0 Å². The first-order valence-corrected chi connectivity index (χ1v) is 31.5. The zero-order valence-corrected chi connectivity index (χ0v) is 34.7. The van der Waals surface area contributed by atoms with Crippen molar-refractivity contribution in [1.29, 1.82) is 0 Å². The Morgan fingerprint density at radius 2 is 0.533 bits per heavy atom. The van der Waals surface area contributed by atoms with Crippen molar-refractivity contribution in [3.63, 3.8) is 0 Å². The van der Waals surface area contributed by atoms with Crippen LogP contribution in [-0.2, 0) is 0 Å². The summed E-state index contributed by atoms with van der Waals surface area (Å²) in [6.45, 7) is 49.2. The second-order valence-corrected chi connectivity index (χ2v) is 67.6. The van der Waals surface area contributed by atoms with Crippen molar-refractivity contribution in [1.82, 2.24) is 0 Å². The minimum Gasteiger partial charge on any atom is -0.0735 e. The summed E-state index contributed by atoms with van der Waals surface area (Å²) < 4.78 is 2.62. The van der Waals surface area contributed by atoms with E-state index in [2.05, 4.69) is 135 Å². The fraction of sp³-hybridized carbons (Fsp3) is 1.00. The summed E-state index contributed by atoms with van der Waals surface area (Å²) in [7, 11) is -1.54. The van der Waals surface area contributed by atoms with Crippen LogP contribution in [0.15, 0.2) is 0 Å². The molecule has 0 N–H and O–H groups in total. The molecule has 0 nitrogen and oxygen atoms in total. The van der Waals surface area contributed by atoms with E-state index in [1.165, 1.54) is 0 Å². The van der Waals surface area contributed by atoms with Crippen molar-refractivity contribution < 1.29 is 0 Å². The van der Waals surface area contributed by atoms with Crippen molar-refractivity contribution in [3.05, 3.63) is 0 Å². The number of hydrogen-bond donors (Lipinski definition) is 0. The molecule has 0 aromatic carbocycles. The molecule has 30 heavy (non-hydrogen) atoms. The van der Waals surface area contributed by atoms with Crippen molar-refractivity contribution in [2.75, 3.05) is 0 Å². The minimum atomic E-state index is -0.785. The average Bonchev–Trinajstić information content (AvgIpc) is 2.29. The normalized spacial score (nSPS) is 14.2. The van der Waals surface area contributed by atoms with Crippen LogP contribution < -0.4 is 0 Å². The second-order valence-electron chi connectivity index (χ2n) is 14.5. The molecule has 0 amide bonds. The Balaban J connectivity index is -0.000000371. The molecule has 0 saturated heterocycles. The first kappa shape index (κ1) is 37.0. The fourth-order valence-corrected chi connectivity index (χ4v) is 62.3. The van der Waals surface area contributed by atoms with Gasteiger partial charge in [0.25, 0.3) is 0 Å². The number of hydrogen-bond acceptors (Lipinski definition) is 0. The molecule has 0 unspecified atom stereocenters. The first-order chi connectivity index (χ1) is 12.6. The summed E-state index contributed by atoms with van der Waals surface area (Å²) in [5.74, 6) is 0. The zero-order chi connectivity index (χ0) is 25.6. The van der Waals surface area contributed by atoms with E-state index in [-0.39, 0.29) is 58.9 Å². The Morgan fingerprint density at radius 3 is 0.567 bits per heavy atom. The molecule has 0 rings (SSSR count). The molecule has 6 heteroatoms. The van der Waals surface area contributed by atoms with Gasteiger partial charge in [-0.2, -0.15) is 0 Å². The minimum absolute atomic E-state index is 0.0136. The summed E-state index contributed by atoms with van der Waals surface area (Å²) in [6, 6.07) is 0. The van der Waals surface area contributed by atoms with E-state index in [9.17, 15) is 0 Å². The maximum absolute atomic E-state index is 2.66. The molecule has 0 aromatic rings. The Morgan fingerprint density at radius 1 is 0.400 bits per heavy atom. The molecule has 0 aliphatic heterocycles. The van der Waals surface area contributed by atoms with Gasteiger partial charge in [-0.1, -0.05) is 52.4 Å². The van der Waals surface area contributed by atoms with Gasteiger partial charge in [0, 0.05) is 30.8 Å². The Bertz CT molecular complexity index is 390. The first-order valence-electron chi connectivity index (χ1n) is 11.8. The van der Waals surface area contributed by atoms with Gasteiger partial charge in [0.2, 0.25) is 0 Å². The third-order valence-electron chi connectivity index (χ3n) is 5.56. The second kappa shape index (κ2) is 13.5. The molecule has 0 atom stereocenters. The molecular weight excluding hydrogens is 638 g/mol. The monoisotopic (exact) mass is 700 g/mol. The quantitative estimate of drug-likeness (QED) is 0.258. The van der Waals surface area contributed by atoms with Crippen LogP contribution in [0.4, 0.5) is 0 Å². The van der Waals surface area contributed by atoms with Gasteiger partial charge in [0.05, 0.1) is 0 Å². The van der Waals surface area contributed by atoms with Gasteiger partial charge in [-0.15, -0.1) is 0 Å². The van der Waals surface area contributed by atoms with E-state index in [0.29, 0.717) is 13.7 Å². The molecule has 0 fully saturated rings. The topological polar surface area (TPSA) is 0 Å². The van der Waals surface area contributed by atoms with Gasteiger partial charge in [0.15, 0.2) is 0 Å². The largest absolute Gasteiger partial charge is 0.0735 e. The molecule has 0 bridgehead atoms. The zero-order valence-electron chi connectivity index (χ0n) is 25.0. The van der Waals surface area contributed by atoms with Gasteiger partial charge < -0.3 is 0 Å². The maximum atomic E-state index is 2.66. The maximum Gasteiger partial charge on any atom is 0.0307 e. The fourth-order valence-electron chi connectivity index (χ4n) is 3.50. The Labute approximate surface area is 220 Å². The summed E-state index contributed by atoms with van der Waals surface area (Å²) in [4.78, 5) is 0. The van der Waals surface area contributed by atoms with Crippen molar-refractivity contribution in [2.24, 2.45) is 0 Å². The molecule has 0 saturated carbocycles. The summed E-state index contributed by atoms with van der Waals surface area (Å²) in [5, 5.41) is 0. The molecule has 0 aliphatic carbocycles. The standard InChI is InChI=1S/C8H24Si4.4C4H9.2Sn/c1-9(2)11(5,6)12(7,8)10(3)4;4*1-4(2)3;;/h1-8H3;4*1-3H3;;. The van der Waals surface area contributed by atoms with Crippen LogP contribution in [0.1, 0.15) is 83.1 Å². The van der Waals surface area contributed by atoms with E-state index in [1.807, 2.05) is 0 Å². The summed E-state index contributed by atoms with van der Waals surface area (Å²) in [6.07, 6.45) is 0. The van der Waals surface area contributed by atoms with Crippen molar-refractivity contribution in [3.8, 4) is 0 Å². The number of rotatable bonds is 3. The smallest absolute Gasteiger partial charge is 0.0307 e. The molecule has 0 heterocycles. The van der Waals surface area contributed by atoms with E-state index in [0.717, 1.165) is 0 Å². The van der Waals surface area contributed by atoms with Crippen LogP contribution in [-0.4, -0.2) is 73.1 Å². The third-order valence-corrected chi connectivity index (χ3v) is 69.1. The van der Waals surface area contributed by atoms with Gasteiger partial charge in [-0.25, -0.2) is 0 Å². The molecule has 180 valence electrons. The van der Waals surface area contributed by atoms with E-state index < -0.39 is 14.2 Å². The van der Waals surface area contributed by atoms with Crippen LogP contribution in [0.5, 0.6) is 0 Å². The van der Waals surface area contributed by atoms with Crippen molar-refractivity contribution in [2.45, 2.75) is 149 Å². The molecule has 6 radical (unpaired) electrons. The van der Waals surface area contributed by atoms with Gasteiger partial charge >= 0.3 is 139 Å². The SMILES string of the molecule is C[C](C)(C)[Sn][C](C)(C)C.C[C](C)(C)[Sn][C](C)(C)C.C[Si](C)[Si](C)(C)[Si](C)(C)[Si](C)C. The van der Waals surface area contributed by atoms with Crippen LogP contribution in [0.3, 0.4) is 0 Å². The van der Waals surface area contributed by atoms with Crippen LogP contribution in [0.2, 0.25) is 66.1 Å². The average molecular weight is 699 g/mol. The summed E-state index contributed by atoms with van der Waals surface area (Å²) in [5.41, 5.74) is 0. The Hall–Kier alpha value is 2.46.